The van der Waals surface area contributed by atoms with Crippen molar-refractivity contribution >= 4 is 5.91 Å². The molecule has 1 aliphatic rings. The van der Waals surface area contributed by atoms with E-state index in [4.69, 9.17) is 0 Å². The summed E-state index contributed by atoms with van der Waals surface area (Å²) in [5.41, 5.74) is 0. The Kier molecular flexibility index (Phi) is 3.34. The average Bonchev–Trinajstić information content (AvgIpc) is 2.42. The lowest BCUT2D eigenvalue weighted by Gasteiger charge is -2.25. The predicted molar refractivity (Wildman–Crippen MR) is 54.3 cm³/mol. The molecule has 0 saturated carbocycles. The Morgan fingerprint density at radius 3 is 2.54 bits per heavy atom. The number of carbonyl (C=O) groups is 1. The van der Waals surface area contributed by atoms with Crippen molar-refractivity contribution in [2.75, 3.05) is 0 Å². The van der Waals surface area contributed by atoms with Gasteiger partial charge in [0.25, 0.3) is 0 Å². The molecule has 0 aliphatic carbocycles. The molecule has 13 heavy (non-hydrogen) atoms. The first-order chi connectivity index (χ1) is 6.11. The SMILES string of the molecule is CCC(C)C1C(CC)NC(=O)C1C. The molecule has 0 aromatic heterocycles. The van der Waals surface area contributed by atoms with Crippen molar-refractivity contribution in [2.24, 2.45) is 17.8 Å². The van der Waals surface area contributed by atoms with E-state index in [0.717, 1.165) is 6.42 Å². The molecule has 0 aromatic carbocycles. The van der Waals surface area contributed by atoms with Crippen LogP contribution in [-0.2, 0) is 4.79 Å². The summed E-state index contributed by atoms with van der Waals surface area (Å²) in [6.45, 7) is 8.66. The standard InChI is InChI=1S/C11H21NO/c1-5-7(3)10-8(4)11(13)12-9(10)6-2/h7-10H,5-6H2,1-4H3,(H,12,13). The second-order valence-electron chi connectivity index (χ2n) is 4.27. The van der Waals surface area contributed by atoms with Crippen LogP contribution in [0.1, 0.15) is 40.5 Å². The second kappa shape index (κ2) is 4.12. The number of hydrogen-bond donors (Lipinski definition) is 1. The van der Waals surface area contributed by atoms with E-state index in [-0.39, 0.29) is 11.8 Å². The van der Waals surface area contributed by atoms with Gasteiger partial charge in [0.05, 0.1) is 0 Å². The Labute approximate surface area is 81.1 Å². The monoisotopic (exact) mass is 183 g/mol. The van der Waals surface area contributed by atoms with Gasteiger partial charge in [0.1, 0.15) is 0 Å². The van der Waals surface area contributed by atoms with E-state index in [9.17, 15) is 4.79 Å². The Morgan fingerprint density at radius 1 is 1.46 bits per heavy atom. The fraction of sp³-hybridized carbons (Fsp3) is 0.909. The molecule has 1 rings (SSSR count). The molecule has 1 fully saturated rings. The zero-order valence-corrected chi connectivity index (χ0v) is 9.13. The van der Waals surface area contributed by atoms with Crippen LogP contribution in [0, 0.1) is 17.8 Å². The summed E-state index contributed by atoms with van der Waals surface area (Å²) >= 11 is 0. The molecule has 4 unspecified atom stereocenters. The topological polar surface area (TPSA) is 29.1 Å². The molecule has 1 amide bonds. The summed E-state index contributed by atoms with van der Waals surface area (Å²) in [4.78, 5) is 11.5. The Morgan fingerprint density at radius 2 is 2.08 bits per heavy atom. The Hall–Kier alpha value is -0.530. The molecule has 1 heterocycles. The molecule has 2 nitrogen and oxygen atoms in total. The van der Waals surface area contributed by atoms with Crippen LogP contribution in [0.5, 0.6) is 0 Å². The van der Waals surface area contributed by atoms with Crippen LogP contribution < -0.4 is 5.32 Å². The fourth-order valence-electron chi connectivity index (χ4n) is 2.47. The van der Waals surface area contributed by atoms with Crippen molar-refractivity contribution in [3.05, 3.63) is 0 Å². The van der Waals surface area contributed by atoms with E-state index in [2.05, 4.69) is 33.0 Å². The highest BCUT2D eigenvalue weighted by Gasteiger charge is 2.40. The molecule has 2 heteroatoms. The molecule has 4 atom stereocenters. The van der Waals surface area contributed by atoms with Crippen LogP contribution in [-0.4, -0.2) is 11.9 Å². The second-order valence-corrected chi connectivity index (χ2v) is 4.27. The number of nitrogens with one attached hydrogen (secondary N) is 1. The van der Waals surface area contributed by atoms with Crippen LogP contribution >= 0.6 is 0 Å². The molecule has 0 bridgehead atoms. The van der Waals surface area contributed by atoms with Crippen molar-refractivity contribution < 1.29 is 4.79 Å². The van der Waals surface area contributed by atoms with Gasteiger partial charge in [0.15, 0.2) is 0 Å². The van der Waals surface area contributed by atoms with E-state index >= 15 is 0 Å². The van der Waals surface area contributed by atoms with Gasteiger partial charge in [0.2, 0.25) is 5.91 Å². The summed E-state index contributed by atoms with van der Waals surface area (Å²) in [5.74, 6) is 1.65. The highest BCUT2D eigenvalue weighted by molar-refractivity contribution is 5.81. The third-order valence-electron chi connectivity index (χ3n) is 3.52. The van der Waals surface area contributed by atoms with Crippen LogP contribution in [0.2, 0.25) is 0 Å². The molecule has 1 aliphatic heterocycles. The molecule has 1 saturated heterocycles. The van der Waals surface area contributed by atoms with E-state index in [1.807, 2.05) is 0 Å². The molecule has 0 spiro atoms. The Bertz CT molecular complexity index is 191. The highest BCUT2D eigenvalue weighted by Crippen LogP contribution is 2.33. The van der Waals surface area contributed by atoms with Crippen molar-refractivity contribution in [2.45, 2.75) is 46.6 Å². The van der Waals surface area contributed by atoms with Gasteiger partial charge in [-0.15, -0.1) is 0 Å². The minimum atomic E-state index is 0.208. The highest BCUT2D eigenvalue weighted by atomic mass is 16.2. The fourth-order valence-corrected chi connectivity index (χ4v) is 2.47. The van der Waals surface area contributed by atoms with Gasteiger partial charge in [0, 0.05) is 12.0 Å². The third-order valence-corrected chi connectivity index (χ3v) is 3.52. The van der Waals surface area contributed by atoms with Crippen LogP contribution in [0.15, 0.2) is 0 Å². The lowest BCUT2D eigenvalue weighted by atomic mass is 9.79. The normalized spacial score (nSPS) is 36.0. The minimum absolute atomic E-state index is 0.208. The third kappa shape index (κ3) is 1.87. The summed E-state index contributed by atoms with van der Waals surface area (Å²) < 4.78 is 0. The maximum atomic E-state index is 11.5. The maximum absolute atomic E-state index is 11.5. The van der Waals surface area contributed by atoms with E-state index < -0.39 is 0 Å². The van der Waals surface area contributed by atoms with Crippen molar-refractivity contribution in [3.8, 4) is 0 Å². The smallest absolute Gasteiger partial charge is 0.223 e. The number of amides is 1. The molecule has 1 N–H and O–H groups in total. The largest absolute Gasteiger partial charge is 0.353 e. The quantitative estimate of drug-likeness (QED) is 0.714. The molecule has 0 aromatic rings. The molecule has 0 radical (unpaired) electrons. The first kappa shape index (κ1) is 10.6. The first-order valence-electron chi connectivity index (χ1n) is 5.42. The van der Waals surface area contributed by atoms with E-state index in [1.54, 1.807) is 0 Å². The summed E-state index contributed by atoms with van der Waals surface area (Å²) in [6, 6.07) is 0.414. The average molecular weight is 183 g/mol. The van der Waals surface area contributed by atoms with Crippen molar-refractivity contribution in [1.82, 2.24) is 5.32 Å². The molecule has 76 valence electrons. The van der Waals surface area contributed by atoms with Gasteiger partial charge in [-0.1, -0.05) is 34.1 Å². The lowest BCUT2D eigenvalue weighted by molar-refractivity contribution is -0.122. The van der Waals surface area contributed by atoms with Gasteiger partial charge in [-0.05, 0) is 18.3 Å². The molecular formula is C11H21NO. The first-order valence-corrected chi connectivity index (χ1v) is 5.42. The summed E-state index contributed by atoms with van der Waals surface area (Å²) in [7, 11) is 0. The summed E-state index contributed by atoms with van der Waals surface area (Å²) in [5, 5.41) is 3.08. The molecular weight excluding hydrogens is 162 g/mol. The maximum Gasteiger partial charge on any atom is 0.223 e. The summed E-state index contributed by atoms with van der Waals surface area (Å²) in [6.07, 6.45) is 2.23. The van der Waals surface area contributed by atoms with E-state index in [1.165, 1.54) is 6.42 Å². The zero-order valence-electron chi connectivity index (χ0n) is 9.13. The van der Waals surface area contributed by atoms with Crippen LogP contribution in [0.25, 0.3) is 0 Å². The van der Waals surface area contributed by atoms with Gasteiger partial charge >= 0.3 is 0 Å². The Balaban J connectivity index is 2.73. The number of rotatable bonds is 3. The van der Waals surface area contributed by atoms with Gasteiger partial charge < -0.3 is 5.32 Å². The van der Waals surface area contributed by atoms with E-state index in [0.29, 0.717) is 17.9 Å². The van der Waals surface area contributed by atoms with Crippen molar-refractivity contribution in [3.63, 3.8) is 0 Å². The van der Waals surface area contributed by atoms with Gasteiger partial charge in [-0.2, -0.15) is 0 Å². The van der Waals surface area contributed by atoms with Crippen molar-refractivity contribution in [1.29, 1.82) is 0 Å². The zero-order chi connectivity index (χ0) is 10.0. The number of carbonyl (C=O) groups excluding carboxylic acids is 1. The number of hydrogen-bond acceptors (Lipinski definition) is 1. The predicted octanol–water partition coefficient (Wildman–Crippen LogP) is 2.19. The minimum Gasteiger partial charge on any atom is -0.353 e. The van der Waals surface area contributed by atoms with Crippen LogP contribution in [0.4, 0.5) is 0 Å². The van der Waals surface area contributed by atoms with Crippen LogP contribution in [0.3, 0.4) is 0 Å². The van der Waals surface area contributed by atoms with Gasteiger partial charge in [-0.25, -0.2) is 0 Å². The van der Waals surface area contributed by atoms with Gasteiger partial charge in [-0.3, -0.25) is 4.79 Å². The lowest BCUT2D eigenvalue weighted by Crippen LogP contribution is -2.30.